The SMILES string of the molecule is CCCCC/C=C/C/C=C/CCCCCCCC(=O)NC(C)(C)CO. The topological polar surface area (TPSA) is 49.3 Å². The first-order chi connectivity index (χ1) is 12.0. The predicted octanol–water partition coefficient (Wildman–Crippen LogP) is 5.69. The van der Waals surface area contributed by atoms with Gasteiger partial charge in [0.05, 0.1) is 12.1 Å². The fourth-order valence-corrected chi connectivity index (χ4v) is 2.58. The molecule has 0 aromatic carbocycles. The summed E-state index contributed by atoms with van der Waals surface area (Å²) >= 11 is 0. The van der Waals surface area contributed by atoms with Gasteiger partial charge in [-0.1, -0.05) is 63.3 Å². The zero-order valence-electron chi connectivity index (χ0n) is 16.9. The van der Waals surface area contributed by atoms with Crippen LogP contribution in [0.15, 0.2) is 24.3 Å². The van der Waals surface area contributed by atoms with Crippen LogP contribution in [0.25, 0.3) is 0 Å². The Labute approximate surface area is 156 Å². The maximum Gasteiger partial charge on any atom is 0.220 e. The maximum atomic E-state index is 11.7. The zero-order chi connectivity index (χ0) is 18.8. The van der Waals surface area contributed by atoms with Gasteiger partial charge in [0.1, 0.15) is 0 Å². The highest BCUT2D eigenvalue weighted by Crippen LogP contribution is 2.09. The van der Waals surface area contributed by atoms with E-state index >= 15 is 0 Å². The molecule has 3 heteroatoms. The van der Waals surface area contributed by atoms with Crippen LogP contribution in [0.3, 0.4) is 0 Å². The van der Waals surface area contributed by atoms with E-state index in [0.29, 0.717) is 6.42 Å². The first-order valence-corrected chi connectivity index (χ1v) is 10.2. The van der Waals surface area contributed by atoms with Crippen molar-refractivity contribution >= 4 is 5.91 Å². The molecule has 0 aliphatic heterocycles. The van der Waals surface area contributed by atoms with E-state index in [1.54, 1.807) is 0 Å². The van der Waals surface area contributed by atoms with Crippen molar-refractivity contribution in [1.29, 1.82) is 0 Å². The Morgan fingerprint density at radius 3 is 2.04 bits per heavy atom. The second-order valence-corrected chi connectivity index (χ2v) is 7.57. The fraction of sp³-hybridized carbons (Fsp3) is 0.773. The number of rotatable bonds is 16. The summed E-state index contributed by atoms with van der Waals surface area (Å²) in [4.78, 5) is 11.7. The molecule has 0 bridgehead atoms. The van der Waals surface area contributed by atoms with Crippen LogP contribution in [0, 0.1) is 0 Å². The summed E-state index contributed by atoms with van der Waals surface area (Å²) in [7, 11) is 0. The van der Waals surface area contributed by atoms with Gasteiger partial charge in [-0.3, -0.25) is 4.79 Å². The molecule has 0 heterocycles. The lowest BCUT2D eigenvalue weighted by Gasteiger charge is -2.23. The summed E-state index contributed by atoms with van der Waals surface area (Å²) in [5.74, 6) is 0.0460. The lowest BCUT2D eigenvalue weighted by atomic mass is 10.1. The number of hydrogen-bond donors (Lipinski definition) is 2. The monoisotopic (exact) mass is 351 g/mol. The first-order valence-electron chi connectivity index (χ1n) is 10.2. The minimum Gasteiger partial charge on any atom is -0.394 e. The minimum absolute atomic E-state index is 0.0269. The second-order valence-electron chi connectivity index (χ2n) is 7.57. The van der Waals surface area contributed by atoms with Gasteiger partial charge < -0.3 is 10.4 Å². The van der Waals surface area contributed by atoms with Crippen molar-refractivity contribution in [2.75, 3.05) is 6.61 Å². The van der Waals surface area contributed by atoms with Crippen molar-refractivity contribution in [2.24, 2.45) is 0 Å². The molecule has 0 radical (unpaired) electrons. The van der Waals surface area contributed by atoms with Crippen LogP contribution in [-0.4, -0.2) is 23.2 Å². The molecule has 0 aliphatic rings. The van der Waals surface area contributed by atoms with E-state index in [0.717, 1.165) is 25.7 Å². The van der Waals surface area contributed by atoms with Crippen LogP contribution >= 0.6 is 0 Å². The van der Waals surface area contributed by atoms with E-state index in [9.17, 15) is 4.79 Å². The van der Waals surface area contributed by atoms with E-state index in [2.05, 4.69) is 36.5 Å². The van der Waals surface area contributed by atoms with Gasteiger partial charge in [-0.25, -0.2) is 0 Å². The molecule has 0 aromatic rings. The Hall–Kier alpha value is -1.09. The van der Waals surface area contributed by atoms with Crippen molar-refractivity contribution in [1.82, 2.24) is 5.32 Å². The highest BCUT2D eigenvalue weighted by Gasteiger charge is 2.18. The average molecular weight is 352 g/mol. The van der Waals surface area contributed by atoms with Crippen molar-refractivity contribution in [3.05, 3.63) is 24.3 Å². The highest BCUT2D eigenvalue weighted by atomic mass is 16.3. The Kier molecular flexibility index (Phi) is 15.7. The zero-order valence-corrected chi connectivity index (χ0v) is 16.9. The van der Waals surface area contributed by atoms with E-state index in [1.807, 2.05) is 13.8 Å². The highest BCUT2D eigenvalue weighted by molar-refractivity contribution is 5.76. The molecular weight excluding hydrogens is 310 g/mol. The molecule has 0 fully saturated rings. The van der Waals surface area contributed by atoms with Gasteiger partial charge >= 0.3 is 0 Å². The molecular formula is C22H41NO2. The molecule has 1 amide bonds. The Morgan fingerprint density at radius 2 is 1.44 bits per heavy atom. The number of aliphatic hydroxyl groups excluding tert-OH is 1. The number of amides is 1. The number of carbonyl (C=O) groups is 1. The molecule has 0 spiro atoms. The van der Waals surface area contributed by atoms with Gasteiger partial charge in [0.25, 0.3) is 0 Å². The summed E-state index contributed by atoms with van der Waals surface area (Å²) < 4.78 is 0. The van der Waals surface area contributed by atoms with Gasteiger partial charge in [-0.15, -0.1) is 0 Å². The maximum absolute atomic E-state index is 11.7. The number of allylic oxidation sites excluding steroid dienone is 4. The largest absolute Gasteiger partial charge is 0.394 e. The van der Waals surface area contributed by atoms with E-state index in [-0.39, 0.29) is 12.5 Å². The van der Waals surface area contributed by atoms with Gasteiger partial charge in [-0.05, 0) is 52.4 Å². The summed E-state index contributed by atoms with van der Waals surface area (Å²) in [5, 5.41) is 12.0. The third-order valence-electron chi connectivity index (χ3n) is 4.23. The second kappa shape index (κ2) is 16.4. The summed E-state index contributed by atoms with van der Waals surface area (Å²) in [5.41, 5.74) is -0.506. The van der Waals surface area contributed by atoms with Crippen LogP contribution in [0.2, 0.25) is 0 Å². The third-order valence-corrected chi connectivity index (χ3v) is 4.23. The van der Waals surface area contributed by atoms with Crippen LogP contribution in [0.5, 0.6) is 0 Å². The van der Waals surface area contributed by atoms with Gasteiger partial charge in [-0.2, -0.15) is 0 Å². The van der Waals surface area contributed by atoms with Crippen LogP contribution in [0.4, 0.5) is 0 Å². The summed E-state index contributed by atoms with van der Waals surface area (Å²) in [6, 6.07) is 0. The molecule has 146 valence electrons. The molecule has 0 aliphatic carbocycles. The number of nitrogens with one attached hydrogen (secondary N) is 1. The summed E-state index contributed by atoms with van der Waals surface area (Å²) in [6.07, 6.45) is 22.8. The van der Waals surface area contributed by atoms with Crippen LogP contribution in [0.1, 0.15) is 97.8 Å². The van der Waals surface area contributed by atoms with Gasteiger partial charge in [0.2, 0.25) is 5.91 Å². The van der Waals surface area contributed by atoms with Gasteiger partial charge in [0, 0.05) is 6.42 Å². The van der Waals surface area contributed by atoms with Crippen molar-refractivity contribution in [3.63, 3.8) is 0 Å². The Balaban J connectivity index is 3.38. The molecule has 0 saturated heterocycles. The normalized spacial score (nSPS) is 12.3. The molecule has 0 unspecified atom stereocenters. The standard InChI is InChI=1S/C22H41NO2/c1-4-5-6-7-8-9-10-11-12-13-14-15-16-17-18-19-21(25)23-22(2,3)20-24/h8-9,11-12,24H,4-7,10,13-20H2,1-3H3,(H,23,25)/b9-8+,12-11+. The average Bonchev–Trinajstić information content (AvgIpc) is 2.58. The fourth-order valence-electron chi connectivity index (χ4n) is 2.58. The van der Waals surface area contributed by atoms with E-state index in [4.69, 9.17) is 5.11 Å². The number of carbonyl (C=O) groups excluding carboxylic acids is 1. The summed E-state index contributed by atoms with van der Waals surface area (Å²) in [6.45, 7) is 5.88. The lowest BCUT2D eigenvalue weighted by Crippen LogP contribution is -2.46. The quantitative estimate of drug-likeness (QED) is 0.277. The molecule has 2 N–H and O–H groups in total. The van der Waals surface area contributed by atoms with Gasteiger partial charge in [0.15, 0.2) is 0 Å². The first kappa shape index (κ1) is 23.9. The van der Waals surface area contributed by atoms with Crippen LogP contribution in [-0.2, 0) is 4.79 Å². The molecule has 3 nitrogen and oxygen atoms in total. The van der Waals surface area contributed by atoms with Crippen LogP contribution < -0.4 is 5.32 Å². The van der Waals surface area contributed by atoms with Crippen molar-refractivity contribution < 1.29 is 9.90 Å². The lowest BCUT2D eigenvalue weighted by molar-refractivity contribution is -0.123. The Bertz CT molecular complexity index is 372. The minimum atomic E-state index is -0.506. The molecule has 0 rings (SSSR count). The third kappa shape index (κ3) is 17.5. The predicted molar refractivity (Wildman–Crippen MR) is 109 cm³/mol. The molecule has 0 saturated carbocycles. The number of unbranched alkanes of at least 4 members (excludes halogenated alkanes) is 8. The van der Waals surface area contributed by atoms with E-state index in [1.165, 1.54) is 44.9 Å². The number of aliphatic hydroxyl groups is 1. The van der Waals surface area contributed by atoms with E-state index < -0.39 is 5.54 Å². The smallest absolute Gasteiger partial charge is 0.220 e. The van der Waals surface area contributed by atoms with Crippen molar-refractivity contribution in [3.8, 4) is 0 Å². The number of hydrogen-bond acceptors (Lipinski definition) is 2. The molecule has 0 aromatic heterocycles. The Morgan fingerprint density at radius 1 is 0.880 bits per heavy atom. The van der Waals surface area contributed by atoms with Crippen molar-refractivity contribution in [2.45, 2.75) is 103 Å². The molecule has 25 heavy (non-hydrogen) atoms. The molecule has 0 atom stereocenters.